The second-order valence-corrected chi connectivity index (χ2v) is 17.3. The number of nitrogens with zero attached hydrogens (tertiary/aromatic N) is 3. The van der Waals surface area contributed by atoms with Gasteiger partial charge in [-0.2, -0.15) is 0 Å². The van der Waals surface area contributed by atoms with Crippen LogP contribution < -0.4 is 0 Å². The Morgan fingerprint density at radius 2 is 0.783 bits per heavy atom. The van der Waals surface area contributed by atoms with Crippen molar-refractivity contribution in [3.63, 3.8) is 0 Å². The van der Waals surface area contributed by atoms with Crippen molar-refractivity contribution in [1.82, 2.24) is 15.0 Å². The van der Waals surface area contributed by atoms with Crippen LogP contribution in [0.3, 0.4) is 0 Å². The molecule has 0 unspecified atom stereocenters. The molecule has 0 aliphatic rings. The summed E-state index contributed by atoms with van der Waals surface area (Å²) in [5, 5.41) is 7.47. The molecule has 9 aromatic carbocycles. The van der Waals surface area contributed by atoms with Gasteiger partial charge in [0.25, 0.3) is 0 Å². The molecule has 60 heavy (non-hydrogen) atoms. The lowest BCUT2D eigenvalue weighted by Gasteiger charge is -2.14. The molecule has 0 aliphatic carbocycles. The Labute approximate surface area is 354 Å². The highest BCUT2D eigenvalue weighted by Gasteiger charge is 2.19. The molecule has 0 aliphatic heterocycles. The van der Waals surface area contributed by atoms with E-state index in [0.29, 0.717) is 17.5 Å². The van der Waals surface area contributed by atoms with Crippen LogP contribution in [0.4, 0.5) is 0 Å². The summed E-state index contributed by atoms with van der Waals surface area (Å²) in [5.74, 6) is 1.92. The zero-order chi connectivity index (χ0) is 39.6. The van der Waals surface area contributed by atoms with E-state index in [9.17, 15) is 0 Å². The molecule has 3 aromatic heterocycles. The van der Waals surface area contributed by atoms with Crippen LogP contribution in [0.5, 0.6) is 0 Å². The molecule has 0 bridgehead atoms. The Hall–Kier alpha value is -7.31. The minimum absolute atomic E-state index is 0.635. The lowest BCUT2D eigenvalue weighted by atomic mass is 9.93. The van der Waals surface area contributed by atoms with Crippen LogP contribution in [-0.2, 0) is 0 Å². The molecule has 0 spiro atoms. The van der Waals surface area contributed by atoms with Gasteiger partial charge in [0.15, 0.2) is 17.5 Å². The average Bonchev–Trinajstić information content (AvgIpc) is 3.89. The lowest BCUT2D eigenvalue weighted by Crippen LogP contribution is -2.01. The van der Waals surface area contributed by atoms with Crippen LogP contribution in [0.2, 0.25) is 0 Å². The first-order valence-electron chi connectivity index (χ1n) is 20.1. The maximum atomic E-state index is 5.26. The van der Waals surface area contributed by atoms with Crippen LogP contribution >= 0.6 is 22.7 Å². The Morgan fingerprint density at radius 1 is 0.250 bits per heavy atom. The second kappa shape index (κ2) is 14.2. The molecule has 0 saturated heterocycles. The van der Waals surface area contributed by atoms with Crippen molar-refractivity contribution < 1.29 is 0 Å². The molecule has 0 saturated carbocycles. The topological polar surface area (TPSA) is 38.7 Å². The summed E-state index contributed by atoms with van der Waals surface area (Å²) in [4.78, 5) is 15.6. The molecule has 12 rings (SSSR count). The monoisotopic (exact) mass is 799 g/mol. The van der Waals surface area contributed by atoms with Gasteiger partial charge >= 0.3 is 0 Å². The van der Waals surface area contributed by atoms with Crippen LogP contribution in [0.25, 0.3) is 119 Å². The highest BCUT2D eigenvalue weighted by molar-refractivity contribution is 7.26. The summed E-state index contributed by atoms with van der Waals surface area (Å²) in [7, 11) is 0. The van der Waals surface area contributed by atoms with Gasteiger partial charge in [-0.05, 0) is 86.6 Å². The fourth-order valence-electron chi connectivity index (χ4n) is 8.69. The summed E-state index contributed by atoms with van der Waals surface area (Å²) >= 11 is 3.72. The van der Waals surface area contributed by atoms with Gasteiger partial charge < -0.3 is 0 Å². The normalized spacial score (nSPS) is 11.7. The third kappa shape index (κ3) is 5.90. The van der Waals surface area contributed by atoms with Gasteiger partial charge in [-0.3, -0.25) is 0 Å². The zero-order valence-corrected chi connectivity index (χ0v) is 33.8. The summed E-state index contributed by atoms with van der Waals surface area (Å²) < 4.78 is 5.18. The molecule has 280 valence electrons. The molecule has 5 heteroatoms. The highest BCUT2D eigenvalue weighted by Crippen LogP contribution is 2.45. The largest absolute Gasteiger partial charge is 0.208 e. The van der Waals surface area contributed by atoms with Crippen LogP contribution in [0.1, 0.15) is 0 Å². The van der Waals surface area contributed by atoms with Crippen LogP contribution in [-0.4, -0.2) is 15.0 Å². The smallest absolute Gasteiger partial charge is 0.164 e. The second-order valence-electron chi connectivity index (χ2n) is 15.1. The van der Waals surface area contributed by atoms with E-state index < -0.39 is 0 Å². The molecule has 0 amide bonds. The Bertz CT molecular complexity index is 3610. The Morgan fingerprint density at radius 3 is 1.57 bits per heavy atom. The molecule has 0 radical (unpaired) electrons. The van der Waals surface area contributed by atoms with E-state index in [2.05, 4.69) is 182 Å². The van der Waals surface area contributed by atoms with Crippen LogP contribution in [0, 0.1) is 0 Å². The van der Waals surface area contributed by atoms with E-state index in [-0.39, 0.29) is 0 Å². The first-order chi connectivity index (χ1) is 29.7. The van der Waals surface area contributed by atoms with E-state index in [1.807, 2.05) is 40.9 Å². The lowest BCUT2D eigenvalue weighted by molar-refractivity contribution is 1.08. The molecule has 0 N–H and O–H groups in total. The minimum atomic E-state index is 0.635. The maximum Gasteiger partial charge on any atom is 0.164 e. The van der Waals surface area contributed by atoms with Crippen molar-refractivity contribution >= 4 is 73.8 Å². The van der Waals surface area contributed by atoms with Crippen molar-refractivity contribution in [2.24, 2.45) is 0 Å². The molecular weight excluding hydrogens is 767 g/mol. The van der Waals surface area contributed by atoms with E-state index in [1.165, 1.54) is 62.6 Å². The fourth-order valence-corrected chi connectivity index (χ4v) is 11.0. The number of aromatic nitrogens is 3. The van der Waals surface area contributed by atoms with E-state index >= 15 is 0 Å². The zero-order valence-electron chi connectivity index (χ0n) is 32.2. The predicted octanol–water partition coefficient (Wildman–Crippen LogP) is 15.8. The quantitative estimate of drug-likeness (QED) is 0.168. The molecular formula is C55H33N3S2. The summed E-state index contributed by atoms with van der Waals surface area (Å²) in [5.41, 5.74) is 9.93. The number of thiophene rings is 2. The molecule has 3 nitrogen and oxygen atoms in total. The third-order valence-corrected chi connectivity index (χ3v) is 13.8. The Kier molecular flexibility index (Phi) is 8.22. The van der Waals surface area contributed by atoms with Crippen molar-refractivity contribution in [3.8, 4) is 67.5 Å². The highest BCUT2D eigenvalue weighted by atomic mass is 32.1. The number of fused-ring (bicyclic) bond motifs is 7. The van der Waals surface area contributed by atoms with Gasteiger partial charge in [0.1, 0.15) is 0 Å². The van der Waals surface area contributed by atoms with Gasteiger partial charge in [0.05, 0.1) is 0 Å². The van der Waals surface area contributed by atoms with Gasteiger partial charge in [0.2, 0.25) is 0 Å². The van der Waals surface area contributed by atoms with Crippen molar-refractivity contribution in [1.29, 1.82) is 0 Å². The predicted molar refractivity (Wildman–Crippen MR) is 256 cm³/mol. The SMILES string of the molecule is c1ccc(-c2nc(-c3cccc(-c4cc(-c5ccc6c(c5)sc5ccccc56)c5c(c4)sc4ccccc45)c3)nc(-c3ccc(-c4ccccc4)c4ccccc34)n2)cc1. The third-order valence-electron chi connectivity index (χ3n) is 11.5. The maximum absolute atomic E-state index is 5.26. The molecule has 0 fully saturated rings. The van der Waals surface area contributed by atoms with E-state index in [4.69, 9.17) is 15.0 Å². The minimum Gasteiger partial charge on any atom is -0.208 e. The summed E-state index contributed by atoms with van der Waals surface area (Å²) in [6.45, 7) is 0. The molecule has 12 aromatic rings. The first-order valence-corrected chi connectivity index (χ1v) is 21.7. The molecule has 3 heterocycles. The number of rotatable bonds is 6. The van der Waals surface area contributed by atoms with Crippen molar-refractivity contribution in [3.05, 3.63) is 200 Å². The van der Waals surface area contributed by atoms with Crippen LogP contribution in [0.15, 0.2) is 200 Å². The van der Waals surface area contributed by atoms with E-state index in [0.717, 1.165) is 38.6 Å². The summed E-state index contributed by atoms with van der Waals surface area (Å²) in [6.07, 6.45) is 0. The number of hydrogen-bond donors (Lipinski definition) is 0. The fraction of sp³-hybridized carbons (Fsp3) is 0. The van der Waals surface area contributed by atoms with Crippen molar-refractivity contribution in [2.45, 2.75) is 0 Å². The van der Waals surface area contributed by atoms with Gasteiger partial charge in [-0.15, -0.1) is 22.7 Å². The first kappa shape index (κ1) is 34.7. The standard InChI is InChI=1S/C55H33N3S2/c1-3-14-34(15-4-1)40-28-29-45(42-21-8-7-20-41(40)42)55-57-53(35-16-5-2-6-17-35)56-54(58-55)38-19-13-18-36(30-38)39-31-47(52-46-23-10-12-25-49(46)60-51(52)33-39)37-26-27-44-43-22-9-11-24-48(43)59-50(44)32-37/h1-33H. The average molecular weight is 800 g/mol. The Balaban J connectivity index is 1.03. The van der Waals surface area contributed by atoms with Gasteiger partial charge in [-0.25, -0.2) is 15.0 Å². The van der Waals surface area contributed by atoms with Crippen molar-refractivity contribution in [2.75, 3.05) is 0 Å². The van der Waals surface area contributed by atoms with Gasteiger partial charge in [-0.1, -0.05) is 158 Å². The van der Waals surface area contributed by atoms with E-state index in [1.54, 1.807) is 0 Å². The number of benzene rings is 9. The summed E-state index contributed by atoms with van der Waals surface area (Å²) in [6, 6.07) is 71.6. The number of hydrogen-bond acceptors (Lipinski definition) is 5. The molecule has 0 atom stereocenters. The van der Waals surface area contributed by atoms with Gasteiger partial charge in [0, 0.05) is 57.0 Å².